The van der Waals surface area contributed by atoms with Crippen LogP contribution in [0, 0.1) is 11.3 Å². The molecule has 0 aliphatic heterocycles. The van der Waals surface area contributed by atoms with Crippen molar-refractivity contribution < 1.29 is 9.90 Å². The molecule has 0 spiro atoms. The molecular weight excluding hydrogens is 226 g/mol. The Labute approximate surface area is 106 Å². The molecule has 3 heteroatoms. The van der Waals surface area contributed by atoms with Gasteiger partial charge in [0.05, 0.1) is 11.6 Å². The molecule has 0 unspecified atom stereocenters. The number of carboxylic acid groups (broad SMARTS) is 1. The number of hydrogen-bond acceptors (Lipinski definition) is 2. The molecule has 0 amide bonds. The largest absolute Gasteiger partial charge is 0.481 e. The highest BCUT2D eigenvalue weighted by Gasteiger charge is 1.95. The minimum Gasteiger partial charge on any atom is -0.481 e. The van der Waals surface area contributed by atoms with E-state index >= 15 is 0 Å². The molecule has 0 fully saturated rings. The van der Waals surface area contributed by atoms with Crippen molar-refractivity contribution in [3.63, 3.8) is 0 Å². The summed E-state index contributed by atoms with van der Waals surface area (Å²) in [6.07, 6.45) is 0. The molecule has 90 valence electrons. The summed E-state index contributed by atoms with van der Waals surface area (Å²) in [5.74, 6) is -0.833. The predicted octanol–water partition coefficient (Wildman–Crippen LogP) is 3.32. The van der Waals surface area contributed by atoms with Crippen molar-refractivity contribution in [3.8, 4) is 17.2 Å². The first-order chi connectivity index (χ1) is 8.63. The number of carbonyl (C=O) groups is 1. The highest BCUT2D eigenvalue weighted by molar-refractivity contribution is 5.64. The first-order valence-electron chi connectivity index (χ1n) is 5.38. The lowest BCUT2D eigenvalue weighted by Crippen LogP contribution is -1.78. The quantitative estimate of drug-likeness (QED) is 0.830. The SMILES string of the molecule is CC(=O)O.N#Cc1ccc(-c2ccccc2)cc1. The normalized spacial score (nSPS) is 8.67. The van der Waals surface area contributed by atoms with Crippen molar-refractivity contribution in [1.82, 2.24) is 0 Å². The Balaban J connectivity index is 0.000000357. The smallest absolute Gasteiger partial charge is 0.300 e. The maximum Gasteiger partial charge on any atom is 0.300 e. The van der Waals surface area contributed by atoms with Crippen molar-refractivity contribution >= 4 is 5.97 Å². The minimum atomic E-state index is -0.833. The molecule has 0 saturated heterocycles. The third-order valence-electron chi connectivity index (χ3n) is 2.12. The van der Waals surface area contributed by atoms with E-state index < -0.39 is 5.97 Å². The summed E-state index contributed by atoms with van der Waals surface area (Å²) in [7, 11) is 0. The Morgan fingerprint density at radius 1 is 1.00 bits per heavy atom. The first-order valence-corrected chi connectivity index (χ1v) is 5.38. The maximum atomic E-state index is 9.00. The van der Waals surface area contributed by atoms with Crippen LogP contribution in [0.1, 0.15) is 12.5 Å². The van der Waals surface area contributed by atoms with Crippen LogP contribution in [0.3, 0.4) is 0 Å². The van der Waals surface area contributed by atoms with Crippen LogP contribution >= 0.6 is 0 Å². The van der Waals surface area contributed by atoms with E-state index in [0.717, 1.165) is 12.5 Å². The van der Waals surface area contributed by atoms with Crippen LogP contribution in [0.2, 0.25) is 0 Å². The van der Waals surface area contributed by atoms with E-state index in [-0.39, 0.29) is 0 Å². The van der Waals surface area contributed by atoms with Crippen LogP contribution < -0.4 is 0 Å². The summed E-state index contributed by atoms with van der Waals surface area (Å²) < 4.78 is 0. The van der Waals surface area contributed by atoms with Crippen molar-refractivity contribution in [2.45, 2.75) is 6.92 Å². The lowest BCUT2D eigenvalue weighted by atomic mass is 10.0. The average molecular weight is 239 g/mol. The Hall–Kier alpha value is -2.60. The third-order valence-corrected chi connectivity index (χ3v) is 2.12. The number of rotatable bonds is 1. The van der Waals surface area contributed by atoms with Crippen LogP contribution in [0.15, 0.2) is 54.6 Å². The van der Waals surface area contributed by atoms with Gasteiger partial charge < -0.3 is 5.11 Å². The van der Waals surface area contributed by atoms with Gasteiger partial charge in [-0.05, 0) is 23.3 Å². The number of aliphatic carboxylic acids is 1. The second-order valence-corrected chi connectivity index (χ2v) is 3.57. The third kappa shape index (κ3) is 4.50. The zero-order valence-corrected chi connectivity index (χ0v) is 10.00. The van der Waals surface area contributed by atoms with E-state index in [1.807, 2.05) is 42.5 Å². The van der Waals surface area contributed by atoms with Crippen molar-refractivity contribution in [2.24, 2.45) is 0 Å². The van der Waals surface area contributed by atoms with E-state index in [0.29, 0.717) is 5.56 Å². The fourth-order valence-electron chi connectivity index (χ4n) is 1.37. The molecule has 2 aromatic rings. The summed E-state index contributed by atoms with van der Waals surface area (Å²) in [6.45, 7) is 1.08. The maximum absolute atomic E-state index is 9.00. The van der Waals surface area contributed by atoms with Crippen molar-refractivity contribution in [2.75, 3.05) is 0 Å². The highest BCUT2D eigenvalue weighted by Crippen LogP contribution is 2.18. The van der Waals surface area contributed by atoms with Crippen LogP contribution in [0.5, 0.6) is 0 Å². The number of nitrogens with zero attached hydrogens (tertiary/aromatic N) is 1. The van der Waals surface area contributed by atoms with Crippen LogP contribution in [0.4, 0.5) is 0 Å². The van der Waals surface area contributed by atoms with Gasteiger partial charge in [-0.25, -0.2) is 0 Å². The molecule has 2 aromatic carbocycles. The molecule has 0 saturated carbocycles. The molecule has 2 rings (SSSR count). The molecule has 0 aliphatic carbocycles. The van der Waals surface area contributed by atoms with Gasteiger partial charge in [0, 0.05) is 6.92 Å². The number of hydrogen-bond donors (Lipinski definition) is 1. The van der Waals surface area contributed by atoms with Gasteiger partial charge in [0.2, 0.25) is 0 Å². The second-order valence-electron chi connectivity index (χ2n) is 3.57. The summed E-state index contributed by atoms with van der Waals surface area (Å²) in [4.78, 5) is 9.00. The fraction of sp³-hybridized carbons (Fsp3) is 0.0667. The number of benzene rings is 2. The molecule has 3 nitrogen and oxygen atoms in total. The molecule has 0 aromatic heterocycles. The predicted molar refractivity (Wildman–Crippen MR) is 69.9 cm³/mol. The van der Waals surface area contributed by atoms with Gasteiger partial charge >= 0.3 is 0 Å². The van der Waals surface area contributed by atoms with E-state index in [1.54, 1.807) is 0 Å². The molecule has 0 bridgehead atoms. The Kier molecular flexibility index (Phi) is 5.14. The lowest BCUT2D eigenvalue weighted by Gasteiger charge is -1.99. The molecule has 0 radical (unpaired) electrons. The van der Waals surface area contributed by atoms with Gasteiger partial charge in [0.15, 0.2) is 0 Å². The van der Waals surface area contributed by atoms with Crippen molar-refractivity contribution in [1.29, 1.82) is 5.26 Å². The van der Waals surface area contributed by atoms with Crippen LogP contribution in [-0.2, 0) is 4.79 Å². The summed E-state index contributed by atoms with van der Waals surface area (Å²) >= 11 is 0. The van der Waals surface area contributed by atoms with Gasteiger partial charge in [-0.3, -0.25) is 4.79 Å². The van der Waals surface area contributed by atoms with E-state index in [9.17, 15) is 0 Å². The Bertz CT molecular complexity index is 535. The van der Waals surface area contributed by atoms with Gasteiger partial charge in [0.1, 0.15) is 0 Å². The molecule has 0 aliphatic rings. The molecule has 1 N–H and O–H groups in total. The average Bonchev–Trinajstić information content (AvgIpc) is 2.39. The van der Waals surface area contributed by atoms with E-state index in [2.05, 4.69) is 18.2 Å². The number of carboxylic acids is 1. The fourth-order valence-corrected chi connectivity index (χ4v) is 1.37. The molecule has 0 heterocycles. The van der Waals surface area contributed by atoms with E-state index in [4.69, 9.17) is 15.2 Å². The molecule has 18 heavy (non-hydrogen) atoms. The van der Waals surface area contributed by atoms with Crippen molar-refractivity contribution in [3.05, 3.63) is 60.2 Å². The Morgan fingerprint density at radius 3 is 1.89 bits per heavy atom. The van der Waals surface area contributed by atoms with Gasteiger partial charge in [-0.2, -0.15) is 5.26 Å². The highest BCUT2D eigenvalue weighted by atomic mass is 16.4. The van der Waals surface area contributed by atoms with Gasteiger partial charge in [-0.15, -0.1) is 0 Å². The van der Waals surface area contributed by atoms with E-state index in [1.165, 1.54) is 5.56 Å². The van der Waals surface area contributed by atoms with Crippen LogP contribution in [0.25, 0.3) is 11.1 Å². The second kappa shape index (κ2) is 6.87. The minimum absolute atomic E-state index is 0.699. The summed E-state index contributed by atoms with van der Waals surface area (Å²) in [5.41, 5.74) is 3.02. The molecular formula is C15H13NO2. The van der Waals surface area contributed by atoms with Gasteiger partial charge in [0.25, 0.3) is 5.97 Å². The summed E-state index contributed by atoms with van der Waals surface area (Å²) in [5, 5.41) is 16.1. The summed E-state index contributed by atoms with van der Waals surface area (Å²) in [6, 6.07) is 19.8. The lowest BCUT2D eigenvalue weighted by molar-refractivity contribution is -0.134. The van der Waals surface area contributed by atoms with Gasteiger partial charge in [-0.1, -0.05) is 42.5 Å². The topological polar surface area (TPSA) is 61.1 Å². The Morgan fingerprint density at radius 2 is 1.44 bits per heavy atom. The monoisotopic (exact) mass is 239 g/mol. The number of nitriles is 1. The first kappa shape index (κ1) is 13.5. The zero-order valence-electron chi connectivity index (χ0n) is 10.00. The van der Waals surface area contributed by atoms with Crippen LogP contribution in [-0.4, -0.2) is 11.1 Å². The zero-order chi connectivity index (χ0) is 13.4. The standard InChI is InChI=1S/C13H9N.C2H4O2/c14-10-11-6-8-13(9-7-11)12-4-2-1-3-5-12;1-2(3)4/h1-9H;1H3,(H,3,4). The molecule has 0 atom stereocenters.